The van der Waals surface area contributed by atoms with Crippen molar-refractivity contribution in [2.45, 2.75) is 32.9 Å². The molecular formula is C10H16N4S. The van der Waals surface area contributed by atoms with Crippen molar-refractivity contribution in [2.24, 2.45) is 4.99 Å². The lowest BCUT2D eigenvalue weighted by atomic mass is 10.1. The van der Waals surface area contributed by atoms with E-state index in [0.29, 0.717) is 0 Å². The van der Waals surface area contributed by atoms with Crippen LogP contribution >= 0.6 is 11.8 Å². The van der Waals surface area contributed by atoms with E-state index in [1.807, 2.05) is 17.1 Å². The average molecular weight is 224 g/mol. The van der Waals surface area contributed by atoms with Crippen LogP contribution in [-0.4, -0.2) is 26.2 Å². The Morgan fingerprint density at radius 2 is 2.40 bits per heavy atom. The van der Waals surface area contributed by atoms with Gasteiger partial charge in [-0.2, -0.15) is 5.10 Å². The number of rotatable bonds is 2. The molecule has 0 saturated heterocycles. The summed E-state index contributed by atoms with van der Waals surface area (Å²) in [5.41, 5.74) is 1.08. The molecule has 0 bridgehead atoms. The minimum absolute atomic E-state index is 0.0632. The van der Waals surface area contributed by atoms with E-state index >= 15 is 0 Å². The van der Waals surface area contributed by atoms with Crippen LogP contribution in [0.5, 0.6) is 0 Å². The van der Waals surface area contributed by atoms with Crippen LogP contribution in [0.1, 0.15) is 20.8 Å². The minimum Gasteiger partial charge on any atom is -0.332 e. The van der Waals surface area contributed by atoms with Gasteiger partial charge in [0.05, 0.1) is 17.4 Å². The van der Waals surface area contributed by atoms with E-state index in [0.717, 1.165) is 23.2 Å². The van der Waals surface area contributed by atoms with Crippen molar-refractivity contribution in [1.82, 2.24) is 9.78 Å². The molecule has 0 spiro atoms. The zero-order chi connectivity index (χ0) is 10.9. The Morgan fingerprint density at radius 1 is 1.60 bits per heavy atom. The van der Waals surface area contributed by atoms with Gasteiger partial charge in [-0.3, -0.25) is 9.67 Å². The predicted octanol–water partition coefficient (Wildman–Crippen LogP) is 2.20. The van der Waals surface area contributed by atoms with Crippen LogP contribution in [0.4, 0.5) is 5.69 Å². The topological polar surface area (TPSA) is 42.2 Å². The Labute approximate surface area is 94.2 Å². The highest BCUT2D eigenvalue weighted by Crippen LogP contribution is 2.27. The third kappa shape index (κ3) is 2.53. The van der Waals surface area contributed by atoms with Gasteiger partial charge in [-0.15, -0.1) is 0 Å². The Balaban J connectivity index is 2.04. The molecule has 5 heteroatoms. The number of thioether (sulfide) groups is 1. The lowest BCUT2D eigenvalue weighted by Gasteiger charge is -2.09. The quantitative estimate of drug-likeness (QED) is 0.837. The number of aromatic nitrogens is 2. The second kappa shape index (κ2) is 3.89. The molecule has 82 valence electrons. The molecule has 0 fully saturated rings. The molecule has 1 N–H and O–H groups in total. The van der Waals surface area contributed by atoms with Gasteiger partial charge in [0.15, 0.2) is 5.17 Å². The molecular weight excluding hydrogens is 208 g/mol. The summed E-state index contributed by atoms with van der Waals surface area (Å²) in [4.78, 5) is 4.58. The maximum Gasteiger partial charge on any atom is 0.161 e. The number of nitrogens with one attached hydrogen (secondary N) is 1. The van der Waals surface area contributed by atoms with Gasteiger partial charge < -0.3 is 5.32 Å². The summed E-state index contributed by atoms with van der Waals surface area (Å²) in [5, 5.41) is 8.48. The zero-order valence-electron chi connectivity index (χ0n) is 9.32. The standard InChI is InChI=1S/C10H16N4S/c1-4-14-6-8(5-11-14)12-9-13-10(2,3)7-15-9/h5-6H,4,7H2,1-3H3,(H,12,13). The molecule has 0 atom stereocenters. The number of aryl methyl sites for hydroxylation is 1. The number of hydrogen-bond donors (Lipinski definition) is 1. The summed E-state index contributed by atoms with van der Waals surface area (Å²) >= 11 is 1.76. The maximum absolute atomic E-state index is 4.58. The van der Waals surface area contributed by atoms with Crippen LogP contribution in [0.15, 0.2) is 17.4 Å². The molecule has 1 aliphatic rings. The number of aliphatic imine (C=N–C) groups is 1. The zero-order valence-corrected chi connectivity index (χ0v) is 10.1. The van der Waals surface area contributed by atoms with Crippen LogP contribution in [-0.2, 0) is 6.54 Å². The van der Waals surface area contributed by atoms with Gasteiger partial charge in [-0.05, 0) is 20.8 Å². The number of amidine groups is 1. The minimum atomic E-state index is 0.0632. The van der Waals surface area contributed by atoms with Crippen LogP contribution < -0.4 is 5.32 Å². The molecule has 0 saturated carbocycles. The maximum atomic E-state index is 4.58. The first-order valence-corrected chi connectivity index (χ1v) is 6.10. The molecule has 1 aromatic heterocycles. The van der Waals surface area contributed by atoms with Crippen molar-refractivity contribution in [3.8, 4) is 0 Å². The molecule has 15 heavy (non-hydrogen) atoms. The first kappa shape index (κ1) is 10.5. The Bertz CT molecular complexity index is 381. The molecule has 4 nitrogen and oxygen atoms in total. The molecule has 0 unspecified atom stereocenters. The largest absolute Gasteiger partial charge is 0.332 e. The lowest BCUT2D eigenvalue weighted by Crippen LogP contribution is -2.15. The van der Waals surface area contributed by atoms with Gasteiger partial charge in [0, 0.05) is 18.5 Å². The summed E-state index contributed by atoms with van der Waals surface area (Å²) in [7, 11) is 0. The van der Waals surface area contributed by atoms with E-state index in [1.54, 1.807) is 11.8 Å². The van der Waals surface area contributed by atoms with Crippen molar-refractivity contribution in [3.05, 3.63) is 12.4 Å². The molecule has 0 aromatic carbocycles. The lowest BCUT2D eigenvalue weighted by molar-refractivity contribution is 0.605. The number of nitrogens with zero attached hydrogens (tertiary/aromatic N) is 3. The summed E-state index contributed by atoms with van der Waals surface area (Å²) in [6.07, 6.45) is 3.83. The van der Waals surface area contributed by atoms with Crippen molar-refractivity contribution in [2.75, 3.05) is 11.1 Å². The molecule has 0 aliphatic carbocycles. The van der Waals surface area contributed by atoms with Crippen molar-refractivity contribution in [3.63, 3.8) is 0 Å². The van der Waals surface area contributed by atoms with Crippen LogP contribution in [0.3, 0.4) is 0 Å². The fourth-order valence-electron chi connectivity index (χ4n) is 1.37. The molecule has 0 amide bonds. The van der Waals surface area contributed by atoms with Crippen molar-refractivity contribution >= 4 is 22.6 Å². The second-order valence-electron chi connectivity index (χ2n) is 4.23. The average Bonchev–Trinajstić information content (AvgIpc) is 2.73. The smallest absolute Gasteiger partial charge is 0.161 e. The van der Waals surface area contributed by atoms with E-state index in [9.17, 15) is 0 Å². The van der Waals surface area contributed by atoms with Gasteiger partial charge in [0.2, 0.25) is 0 Å². The first-order valence-electron chi connectivity index (χ1n) is 5.11. The van der Waals surface area contributed by atoms with Gasteiger partial charge in [0.25, 0.3) is 0 Å². The summed E-state index contributed by atoms with van der Waals surface area (Å²) in [6.45, 7) is 7.25. The summed E-state index contributed by atoms with van der Waals surface area (Å²) in [6, 6.07) is 0. The van der Waals surface area contributed by atoms with Crippen LogP contribution in [0, 0.1) is 0 Å². The van der Waals surface area contributed by atoms with Crippen LogP contribution in [0.2, 0.25) is 0 Å². The fourth-order valence-corrected chi connectivity index (χ4v) is 2.43. The van der Waals surface area contributed by atoms with Crippen molar-refractivity contribution < 1.29 is 0 Å². The third-order valence-electron chi connectivity index (χ3n) is 2.17. The predicted molar refractivity (Wildman–Crippen MR) is 65.5 cm³/mol. The van der Waals surface area contributed by atoms with Gasteiger partial charge >= 0.3 is 0 Å². The van der Waals surface area contributed by atoms with E-state index in [1.165, 1.54) is 0 Å². The van der Waals surface area contributed by atoms with E-state index in [2.05, 4.69) is 36.2 Å². The van der Waals surface area contributed by atoms with E-state index < -0.39 is 0 Å². The highest BCUT2D eigenvalue weighted by Gasteiger charge is 2.25. The van der Waals surface area contributed by atoms with Crippen LogP contribution in [0.25, 0.3) is 0 Å². The first-order chi connectivity index (χ1) is 7.09. The second-order valence-corrected chi connectivity index (χ2v) is 5.19. The van der Waals surface area contributed by atoms with Gasteiger partial charge in [0.1, 0.15) is 0 Å². The highest BCUT2D eigenvalue weighted by molar-refractivity contribution is 8.14. The van der Waals surface area contributed by atoms with Gasteiger partial charge in [-0.25, -0.2) is 0 Å². The Kier molecular flexibility index (Phi) is 2.73. The fraction of sp³-hybridized carbons (Fsp3) is 0.600. The Hall–Kier alpha value is -0.970. The Morgan fingerprint density at radius 3 is 2.93 bits per heavy atom. The van der Waals surface area contributed by atoms with E-state index in [-0.39, 0.29) is 5.54 Å². The summed E-state index contributed by atoms with van der Waals surface area (Å²) in [5.74, 6) is 1.04. The summed E-state index contributed by atoms with van der Waals surface area (Å²) < 4.78 is 1.90. The molecule has 1 aliphatic heterocycles. The van der Waals surface area contributed by atoms with E-state index in [4.69, 9.17) is 0 Å². The number of anilines is 1. The third-order valence-corrected chi connectivity index (χ3v) is 3.49. The normalized spacial score (nSPS) is 19.0. The van der Waals surface area contributed by atoms with Crippen molar-refractivity contribution in [1.29, 1.82) is 0 Å². The highest BCUT2D eigenvalue weighted by atomic mass is 32.2. The molecule has 0 radical (unpaired) electrons. The molecule has 2 heterocycles. The monoisotopic (exact) mass is 224 g/mol. The van der Waals surface area contributed by atoms with Gasteiger partial charge in [-0.1, -0.05) is 11.8 Å². The molecule has 1 aromatic rings. The SMILES string of the molecule is CCn1cc(NC2=NC(C)(C)CS2)cn1. The number of hydrogen-bond acceptors (Lipinski definition) is 4. The molecule has 2 rings (SSSR count).